The highest BCUT2D eigenvalue weighted by Crippen LogP contribution is 2.25. The van der Waals surface area contributed by atoms with E-state index in [0.29, 0.717) is 6.04 Å². The summed E-state index contributed by atoms with van der Waals surface area (Å²) in [5.41, 5.74) is 2.96. The highest BCUT2D eigenvalue weighted by Gasteiger charge is 2.24. The van der Waals surface area contributed by atoms with Crippen molar-refractivity contribution >= 4 is 33.9 Å². The normalized spacial score (nSPS) is 16.8. The number of aryl methyl sites for hydroxylation is 1. The molecule has 0 spiro atoms. The zero-order chi connectivity index (χ0) is 18.1. The molecular formula is C19H23ClN4OS. The van der Waals surface area contributed by atoms with E-state index < -0.39 is 0 Å². The fraction of sp³-hybridized carbons (Fsp3) is 0.474. The van der Waals surface area contributed by atoms with E-state index in [9.17, 15) is 0 Å². The number of nitrogens with zero attached hydrogens (tertiary/aromatic N) is 4. The van der Waals surface area contributed by atoms with Crippen LogP contribution in [0.15, 0.2) is 28.1 Å². The molecule has 1 aliphatic rings. The van der Waals surface area contributed by atoms with Crippen LogP contribution in [0.1, 0.15) is 29.2 Å². The first-order valence-corrected chi connectivity index (χ1v) is 10.2. The van der Waals surface area contributed by atoms with Crippen molar-refractivity contribution in [2.24, 2.45) is 0 Å². The third kappa shape index (κ3) is 3.93. The number of piperidine rings is 1. The van der Waals surface area contributed by atoms with Gasteiger partial charge in [0.1, 0.15) is 5.69 Å². The molecule has 0 amide bonds. The van der Waals surface area contributed by atoms with Crippen LogP contribution in [0.3, 0.4) is 0 Å². The van der Waals surface area contributed by atoms with E-state index in [4.69, 9.17) is 16.1 Å². The van der Waals surface area contributed by atoms with Crippen LogP contribution in [-0.4, -0.2) is 46.1 Å². The Bertz CT molecular complexity index is 885. The molecule has 0 bridgehead atoms. The Kier molecular flexibility index (Phi) is 5.27. The molecule has 138 valence electrons. The monoisotopic (exact) mass is 390 g/mol. The number of aromatic nitrogens is 2. The lowest BCUT2D eigenvalue weighted by atomic mass is 10.0. The van der Waals surface area contributed by atoms with Crippen LogP contribution in [0.4, 0.5) is 0 Å². The lowest BCUT2D eigenvalue weighted by Crippen LogP contribution is -2.42. The highest BCUT2D eigenvalue weighted by molar-refractivity contribution is 7.09. The number of fused-ring (bicyclic) bond motifs is 1. The first-order valence-electron chi connectivity index (χ1n) is 8.96. The number of thiazole rings is 1. The fourth-order valence-electron chi connectivity index (χ4n) is 3.67. The number of hydrogen-bond donors (Lipinski definition) is 0. The molecule has 3 aromatic rings. The van der Waals surface area contributed by atoms with Crippen molar-refractivity contribution in [3.63, 3.8) is 0 Å². The first kappa shape index (κ1) is 17.9. The van der Waals surface area contributed by atoms with Gasteiger partial charge in [-0.1, -0.05) is 16.8 Å². The molecule has 1 saturated heterocycles. The Hall–Kier alpha value is -1.47. The van der Waals surface area contributed by atoms with Crippen LogP contribution in [-0.2, 0) is 13.1 Å². The van der Waals surface area contributed by atoms with Gasteiger partial charge in [-0.05, 0) is 45.0 Å². The number of likely N-dealkylation sites (tertiary alicyclic amines) is 1. The lowest BCUT2D eigenvalue weighted by molar-refractivity contribution is 0.117. The third-order valence-electron chi connectivity index (χ3n) is 5.14. The summed E-state index contributed by atoms with van der Waals surface area (Å²) in [6.07, 6.45) is 2.33. The van der Waals surface area contributed by atoms with Gasteiger partial charge in [0.15, 0.2) is 5.58 Å². The third-order valence-corrected chi connectivity index (χ3v) is 6.20. The molecule has 1 aliphatic heterocycles. The minimum atomic E-state index is 0.564. The molecule has 2 aromatic heterocycles. The molecule has 1 aromatic carbocycles. The van der Waals surface area contributed by atoms with E-state index in [2.05, 4.69) is 39.3 Å². The fourth-order valence-corrected chi connectivity index (χ4v) is 4.44. The van der Waals surface area contributed by atoms with Crippen molar-refractivity contribution in [3.05, 3.63) is 45.0 Å². The molecule has 7 heteroatoms. The minimum absolute atomic E-state index is 0.564. The molecule has 0 atom stereocenters. The van der Waals surface area contributed by atoms with Gasteiger partial charge in [-0.2, -0.15) is 0 Å². The predicted octanol–water partition coefficient (Wildman–Crippen LogP) is 4.34. The van der Waals surface area contributed by atoms with Crippen molar-refractivity contribution < 1.29 is 4.52 Å². The van der Waals surface area contributed by atoms with E-state index >= 15 is 0 Å². The molecule has 0 unspecified atom stereocenters. The maximum absolute atomic E-state index is 6.12. The summed E-state index contributed by atoms with van der Waals surface area (Å²) in [6, 6.07) is 6.22. The van der Waals surface area contributed by atoms with Gasteiger partial charge in [-0.25, -0.2) is 4.98 Å². The largest absolute Gasteiger partial charge is 0.356 e. The van der Waals surface area contributed by atoms with E-state index in [0.717, 1.165) is 65.7 Å². The summed E-state index contributed by atoms with van der Waals surface area (Å²) in [6.45, 7) is 6.03. The Morgan fingerprint density at radius 1 is 1.35 bits per heavy atom. The van der Waals surface area contributed by atoms with Gasteiger partial charge in [-0.15, -0.1) is 11.3 Å². The van der Waals surface area contributed by atoms with Crippen molar-refractivity contribution in [3.8, 4) is 0 Å². The Morgan fingerprint density at radius 2 is 2.15 bits per heavy atom. The molecule has 0 N–H and O–H groups in total. The van der Waals surface area contributed by atoms with Crippen LogP contribution in [0.25, 0.3) is 11.0 Å². The molecule has 4 rings (SSSR count). The van der Waals surface area contributed by atoms with Gasteiger partial charge >= 0.3 is 0 Å². The molecule has 5 nitrogen and oxygen atoms in total. The summed E-state index contributed by atoms with van der Waals surface area (Å²) < 4.78 is 5.43. The van der Waals surface area contributed by atoms with E-state index in [1.165, 1.54) is 5.69 Å². The lowest BCUT2D eigenvalue weighted by Gasteiger charge is -2.36. The average Bonchev–Trinajstić information content (AvgIpc) is 3.22. The van der Waals surface area contributed by atoms with Crippen molar-refractivity contribution in [2.75, 3.05) is 20.1 Å². The second kappa shape index (κ2) is 7.64. The summed E-state index contributed by atoms with van der Waals surface area (Å²) in [7, 11) is 2.18. The van der Waals surface area contributed by atoms with Crippen molar-refractivity contribution in [1.29, 1.82) is 0 Å². The van der Waals surface area contributed by atoms with Gasteiger partial charge in [0.25, 0.3) is 0 Å². The maximum atomic E-state index is 6.12. The number of benzene rings is 1. The summed E-state index contributed by atoms with van der Waals surface area (Å²) in [5, 5.41) is 9.31. The molecule has 26 heavy (non-hydrogen) atoms. The van der Waals surface area contributed by atoms with Crippen LogP contribution < -0.4 is 0 Å². The van der Waals surface area contributed by atoms with Gasteiger partial charge in [0, 0.05) is 48.0 Å². The number of rotatable bonds is 5. The molecule has 0 aliphatic carbocycles. The average molecular weight is 391 g/mol. The minimum Gasteiger partial charge on any atom is -0.356 e. The number of halogens is 1. The summed E-state index contributed by atoms with van der Waals surface area (Å²) in [5.74, 6) is 0. The van der Waals surface area contributed by atoms with Crippen molar-refractivity contribution in [1.82, 2.24) is 19.9 Å². The zero-order valence-corrected chi connectivity index (χ0v) is 16.7. The van der Waals surface area contributed by atoms with E-state index in [1.807, 2.05) is 18.2 Å². The predicted molar refractivity (Wildman–Crippen MR) is 106 cm³/mol. The molecule has 1 fully saturated rings. The van der Waals surface area contributed by atoms with E-state index in [1.54, 1.807) is 11.3 Å². The highest BCUT2D eigenvalue weighted by atomic mass is 35.5. The van der Waals surface area contributed by atoms with Gasteiger partial charge < -0.3 is 4.52 Å². The number of hydrogen-bond acceptors (Lipinski definition) is 6. The van der Waals surface area contributed by atoms with Crippen LogP contribution in [0, 0.1) is 6.92 Å². The molecule has 3 heterocycles. The second-order valence-electron chi connectivity index (χ2n) is 7.05. The Labute approximate surface area is 162 Å². The first-order chi connectivity index (χ1) is 12.6. The quantitative estimate of drug-likeness (QED) is 0.648. The molecule has 0 radical (unpaired) electrons. The molecular weight excluding hydrogens is 368 g/mol. The Balaban J connectivity index is 1.34. The summed E-state index contributed by atoms with van der Waals surface area (Å²) >= 11 is 7.86. The van der Waals surface area contributed by atoms with Crippen LogP contribution in [0.5, 0.6) is 0 Å². The van der Waals surface area contributed by atoms with Gasteiger partial charge in [-0.3, -0.25) is 9.80 Å². The maximum Gasteiger partial charge on any atom is 0.167 e. The van der Waals surface area contributed by atoms with Gasteiger partial charge in [0.2, 0.25) is 0 Å². The topological polar surface area (TPSA) is 45.4 Å². The zero-order valence-electron chi connectivity index (χ0n) is 15.1. The smallest absolute Gasteiger partial charge is 0.167 e. The van der Waals surface area contributed by atoms with Crippen LogP contribution in [0.2, 0.25) is 5.02 Å². The van der Waals surface area contributed by atoms with Crippen molar-refractivity contribution in [2.45, 2.75) is 38.9 Å². The Morgan fingerprint density at radius 3 is 2.88 bits per heavy atom. The van der Waals surface area contributed by atoms with Gasteiger partial charge in [0.05, 0.1) is 10.7 Å². The second-order valence-corrected chi connectivity index (χ2v) is 8.55. The van der Waals surface area contributed by atoms with Crippen LogP contribution >= 0.6 is 22.9 Å². The molecule has 0 saturated carbocycles. The van der Waals surface area contributed by atoms with E-state index in [-0.39, 0.29) is 0 Å². The SMILES string of the molecule is Cc1nc(CN2CCC(N(C)Cc3noc4ccc(Cl)cc34)CC2)cs1. The standard InChI is InChI=1S/C19H23ClN4OS/c1-13-21-15(12-26-13)10-24-7-5-16(6-8-24)23(2)11-18-17-9-14(20)3-4-19(17)25-22-18/h3-4,9,12,16H,5-8,10-11H2,1-2H3. The summed E-state index contributed by atoms with van der Waals surface area (Å²) in [4.78, 5) is 9.48.